The second-order valence-corrected chi connectivity index (χ2v) is 7.51. The summed E-state index contributed by atoms with van der Waals surface area (Å²) in [6.07, 6.45) is -4.51. The average Bonchev–Trinajstić information content (AvgIpc) is 3.23. The molecule has 33 heavy (non-hydrogen) atoms. The molecule has 2 aromatic carbocycles. The third-order valence-electron chi connectivity index (χ3n) is 4.28. The Bertz CT molecular complexity index is 1180. The van der Waals surface area contributed by atoms with Crippen LogP contribution in [0.15, 0.2) is 40.9 Å². The minimum absolute atomic E-state index is 0.0267. The van der Waals surface area contributed by atoms with Gasteiger partial charge < -0.3 is 19.7 Å². The van der Waals surface area contributed by atoms with Gasteiger partial charge in [0.1, 0.15) is 0 Å². The number of hydrogen-bond acceptors (Lipinski definition) is 6. The van der Waals surface area contributed by atoms with Crippen molar-refractivity contribution in [2.75, 3.05) is 6.61 Å². The number of ether oxygens (including phenoxy) is 1. The van der Waals surface area contributed by atoms with Gasteiger partial charge in [-0.15, -0.1) is 0 Å². The number of alkyl halides is 3. The number of amides is 1. The van der Waals surface area contributed by atoms with Gasteiger partial charge in [-0.3, -0.25) is 4.79 Å². The molecule has 3 rings (SSSR count). The number of aromatic nitrogens is 2. The van der Waals surface area contributed by atoms with Gasteiger partial charge in [0.15, 0.2) is 12.4 Å². The van der Waals surface area contributed by atoms with E-state index in [2.05, 4.69) is 15.5 Å². The van der Waals surface area contributed by atoms with Crippen LogP contribution in [0.3, 0.4) is 0 Å². The quantitative estimate of drug-likeness (QED) is 0.465. The molecule has 174 valence electrons. The monoisotopic (exact) mass is 503 g/mol. The van der Waals surface area contributed by atoms with Crippen molar-refractivity contribution in [3.63, 3.8) is 0 Å². The smallest absolute Gasteiger partial charge is 0.416 e. The first kappa shape index (κ1) is 24.3. The van der Waals surface area contributed by atoms with Crippen molar-refractivity contribution in [2.45, 2.75) is 19.1 Å². The highest BCUT2D eigenvalue weighted by Crippen LogP contribution is 2.37. The molecular formula is C20H14Cl2F3N3O5. The fourth-order valence-electron chi connectivity index (χ4n) is 2.72. The van der Waals surface area contributed by atoms with E-state index in [1.165, 1.54) is 31.2 Å². The highest BCUT2D eigenvalue weighted by atomic mass is 35.5. The molecule has 2 N–H and O–H groups in total. The van der Waals surface area contributed by atoms with Crippen molar-refractivity contribution < 1.29 is 37.1 Å². The largest absolute Gasteiger partial charge is 0.479 e. The number of carboxylic acids is 1. The number of nitrogens with zero attached hydrogens (tertiary/aromatic N) is 2. The van der Waals surface area contributed by atoms with Gasteiger partial charge in [0.25, 0.3) is 17.6 Å². The molecule has 1 heterocycles. The Kier molecular flexibility index (Phi) is 7.13. The third kappa shape index (κ3) is 5.93. The second-order valence-electron chi connectivity index (χ2n) is 6.69. The van der Waals surface area contributed by atoms with Crippen molar-refractivity contribution in [3.05, 3.63) is 63.4 Å². The van der Waals surface area contributed by atoms with Crippen molar-refractivity contribution in [3.8, 4) is 17.2 Å². The summed E-state index contributed by atoms with van der Waals surface area (Å²) in [7, 11) is 0. The molecule has 0 fully saturated rings. The number of aliphatic carboxylic acids is 1. The minimum Gasteiger partial charge on any atom is -0.479 e. The molecule has 0 bridgehead atoms. The van der Waals surface area contributed by atoms with Crippen LogP contribution in [0.25, 0.3) is 11.5 Å². The zero-order valence-corrected chi connectivity index (χ0v) is 18.1. The first-order valence-corrected chi connectivity index (χ1v) is 9.87. The molecule has 0 saturated carbocycles. The lowest BCUT2D eigenvalue weighted by Gasteiger charge is -2.15. The molecule has 0 spiro atoms. The Labute approximate surface area is 194 Å². The first-order chi connectivity index (χ1) is 15.5. The van der Waals surface area contributed by atoms with Crippen LogP contribution in [-0.4, -0.2) is 33.7 Å². The van der Waals surface area contributed by atoms with Crippen LogP contribution in [0.2, 0.25) is 10.0 Å². The molecule has 1 atom stereocenters. The van der Waals surface area contributed by atoms with Crippen LogP contribution < -0.4 is 10.1 Å². The van der Waals surface area contributed by atoms with E-state index in [4.69, 9.17) is 37.6 Å². The molecule has 3 aromatic rings. The average molecular weight is 504 g/mol. The molecule has 8 nitrogen and oxygen atoms in total. The summed E-state index contributed by atoms with van der Waals surface area (Å²) in [4.78, 5) is 27.0. The van der Waals surface area contributed by atoms with E-state index in [1.807, 2.05) is 0 Å². The number of carbonyl (C=O) groups is 2. The number of carboxylic acid groups (broad SMARTS) is 1. The van der Waals surface area contributed by atoms with Crippen molar-refractivity contribution in [1.82, 2.24) is 15.5 Å². The standard InChI is InChI=1S/C20H14Cl2F3N3O5/c1-9(10-3-2-4-12(5-10)20(23,24)25)26-18(31)17-27-19(33-28-17)11-6-13(21)16(14(22)7-11)32-8-15(29)30/h2-7,9H,8H2,1H3,(H,26,31)(H,29,30). The van der Waals surface area contributed by atoms with Gasteiger partial charge >= 0.3 is 12.1 Å². The summed E-state index contributed by atoms with van der Waals surface area (Å²) >= 11 is 12.1. The van der Waals surface area contributed by atoms with Gasteiger partial charge in [0.05, 0.1) is 21.7 Å². The zero-order valence-electron chi connectivity index (χ0n) is 16.6. The van der Waals surface area contributed by atoms with Crippen LogP contribution in [0.4, 0.5) is 13.2 Å². The van der Waals surface area contributed by atoms with E-state index in [9.17, 15) is 22.8 Å². The van der Waals surface area contributed by atoms with Crippen LogP contribution >= 0.6 is 23.2 Å². The summed E-state index contributed by atoms with van der Waals surface area (Å²) in [5.41, 5.74) is -0.380. The Morgan fingerprint density at radius 3 is 2.48 bits per heavy atom. The third-order valence-corrected chi connectivity index (χ3v) is 4.84. The Balaban J connectivity index is 1.75. The van der Waals surface area contributed by atoms with E-state index >= 15 is 0 Å². The van der Waals surface area contributed by atoms with E-state index in [0.717, 1.165) is 12.1 Å². The lowest BCUT2D eigenvalue weighted by molar-refractivity contribution is -0.139. The maximum Gasteiger partial charge on any atom is 0.416 e. The Morgan fingerprint density at radius 2 is 1.88 bits per heavy atom. The molecule has 0 aliphatic rings. The molecule has 0 saturated heterocycles. The topological polar surface area (TPSA) is 115 Å². The summed E-state index contributed by atoms with van der Waals surface area (Å²) in [6.45, 7) is 0.845. The Hall–Kier alpha value is -3.31. The van der Waals surface area contributed by atoms with Crippen molar-refractivity contribution >= 4 is 35.1 Å². The van der Waals surface area contributed by atoms with Gasteiger partial charge in [-0.05, 0) is 36.8 Å². The highest BCUT2D eigenvalue weighted by molar-refractivity contribution is 6.37. The van der Waals surface area contributed by atoms with E-state index in [1.54, 1.807) is 0 Å². The van der Waals surface area contributed by atoms with Crippen LogP contribution in [0.5, 0.6) is 5.75 Å². The van der Waals surface area contributed by atoms with Crippen LogP contribution in [0.1, 0.15) is 34.7 Å². The molecular weight excluding hydrogens is 490 g/mol. The molecule has 1 aromatic heterocycles. The first-order valence-electron chi connectivity index (χ1n) is 9.11. The summed E-state index contributed by atoms with van der Waals surface area (Å²) in [6, 6.07) is 6.42. The number of nitrogens with one attached hydrogen (secondary N) is 1. The summed E-state index contributed by atoms with van der Waals surface area (Å²) < 4.78 is 48.8. The van der Waals surface area contributed by atoms with Gasteiger partial charge in [-0.1, -0.05) is 40.5 Å². The number of benzene rings is 2. The highest BCUT2D eigenvalue weighted by Gasteiger charge is 2.31. The maximum atomic E-state index is 12.9. The predicted octanol–water partition coefficient (Wildman–Crippen LogP) is 5.02. The molecule has 13 heteroatoms. The van der Waals surface area contributed by atoms with Crippen LogP contribution in [0, 0.1) is 0 Å². The minimum atomic E-state index is -4.51. The number of carbonyl (C=O) groups excluding carboxylic acids is 1. The van der Waals surface area contributed by atoms with E-state index in [-0.39, 0.29) is 38.6 Å². The van der Waals surface area contributed by atoms with E-state index in [0.29, 0.717) is 0 Å². The summed E-state index contributed by atoms with van der Waals surface area (Å²) in [5.74, 6) is -2.56. The molecule has 1 unspecified atom stereocenters. The van der Waals surface area contributed by atoms with Crippen molar-refractivity contribution in [2.24, 2.45) is 0 Å². The fraction of sp³-hybridized carbons (Fsp3) is 0.200. The zero-order chi connectivity index (χ0) is 24.3. The maximum absolute atomic E-state index is 12.9. The molecule has 1 amide bonds. The number of hydrogen-bond donors (Lipinski definition) is 2. The van der Waals surface area contributed by atoms with Gasteiger partial charge in [0.2, 0.25) is 0 Å². The lowest BCUT2D eigenvalue weighted by atomic mass is 10.0. The van der Waals surface area contributed by atoms with Gasteiger partial charge in [0, 0.05) is 5.56 Å². The molecule has 0 aliphatic heterocycles. The SMILES string of the molecule is CC(NC(=O)c1noc(-c2cc(Cl)c(OCC(=O)O)c(Cl)c2)n1)c1cccc(C(F)(F)F)c1. The van der Waals surface area contributed by atoms with Crippen LogP contribution in [-0.2, 0) is 11.0 Å². The van der Waals surface area contributed by atoms with Gasteiger partial charge in [-0.25, -0.2) is 4.79 Å². The van der Waals surface area contributed by atoms with Crippen molar-refractivity contribution in [1.29, 1.82) is 0 Å². The second kappa shape index (κ2) is 9.67. The molecule has 0 radical (unpaired) electrons. The fourth-order valence-corrected chi connectivity index (χ4v) is 3.31. The predicted molar refractivity (Wildman–Crippen MR) is 110 cm³/mol. The van der Waals surface area contributed by atoms with E-state index < -0.39 is 36.3 Å². The number of halogens is 5. The molecule has 0 aliphatic carbocycles. The van der Waals surface area contributed by atoms with Gasteiger partial charge in [-0.2, -0.15) is 18.2 Å². The number of rotatable bonds is 7. The summed E-state index contributed by atoms with van der Waals surface area (Å²) in [5, 5.41) is 14.7. The Morgan fingerprint density at radius 1 is 1.21 bits per heavy atom. The normalized spacial score (nSPS) is 12.3. The lowest BCUT2D eigenvalue weighted by Crippen LogP contribution is -2.27.